The normalized spacial score (nSPS) is 10.0. The van der Waals surface area contributed by atoms with Crippen molar-refractivity contribution < 1.29 is 4.79 Å². The third-order valence-electron chi connectivity index (χ3n) is 2.56. The summed E-state index contributed by atoms with van der Waals surface area (Å²) in [7, 11) is 5.68. The Labute approximate surface area is 109 Å². The first-order valence-corrected chi connectivity index (χ1v) is 6.15. The van der Waals surface area contributed by atoms with Gasteiger partial charge >= 0.3 is 6.03 Å². The van der Waals surface area contributed by atoms with Crippen LogP contribution in [0.4, 0.5) is 10.6 Å². The molecule has 0 aliphatic heterocycles. The predicted molar refractivity (Wildman–Crippen MR) is 73.7 cm³/mol. The second kappa shape index (κ2) is 6.83. The number of aromatic nitrogens is 1. The molecule has 0 spiro atoms. The minimum atomic E-state index is -0.0477. The van der Waals surface area contributed by atoms with Crippen LogP contribution in [0.2, 0.25) is 0 Å². The van der Waals surface area contributed by atoms with Crippen LogP contribution in [-0.2, 0) is 6.54 Å². The Kier molecular flexibility index (Phi) is 5.42. The predicted octanol–water partition coefficient (Wildman–Crippen LogP) is 1.70. The third kappa shape index (κ3) is 4.24. The second-order valence-electron chi connectivity index (χ2n) is 4.51. The topological polar surface area (TPSA) is 48.5 Å². The van der Waals surface area contributed by atoms with Crippen LogP contribution in [0.5, 0.6) is 0 Å². The molecule has 18 heavy (non-hydrogen) atoms. The minimum absolute atomic E-state index is 0.0477. The number of urea groups is 1. The number of nitrogens with one attached hydrogen (secondary N) is 1. The zero-order valence-electron chi connectivity index (χ0n) is 11.6. The molecule has 1 heterocycles. The molecule has 0 atom stereocenters. The van der Waals surface area contributed by atoms with Gasteiger partial charge in [0.2, 0.25) is 0 Å². The second-order valence-corrected chi connectivity index (χ2v) is 4.51. The Morgan fingerprint density at radius 1 is 1.33 bits per heavy atom. The van der Waals surface area contributed by atoms with E-state index in [9.17, 15) is 4.79 Å². The van der Waals surface area contributed by atoms with Crippen LogP contribution in [0.25, 0.3) is 0 Å². The lowest BCUT2D eigenvalue weighted by Gasteiger charge is -2.18. The lowest BCUT2D eigenvalue weighted by molar-refractivity contribution is 0.207. The molecule has 0 aromatic carbocycles. The number of amides is 2. The highest BCUT2D eigenvalue weighted by Gasteiger charge is 2.08. The highest BCUT2D eigenvalue weighted by atomic mass is 16.2. The van der Waals surface area contributed by atoms with Crippen LogP contribution in [0.1, 0.15) is 18.9 Å². The zero-order valence-corrected chi connectivity index (χ0v) is 11.6. The zero-order chi connectivity index (χ0) is 13.5. The molecule has 2 amide bonds. The molecule has 0 aliphatic rings. The van der Waals surface area contributed by atoms with E-state index in [1.54, 1.807) is 18.1 Å². The molecule has 0 radical (unpaired) electrons. The summed E-state index contributed by atoms with van der Waals surface area (Å²) in [5.74, 6) is 0.914. The summed E-state index contributed by atoms with van der Waals surface area (Å²) in [6.45, 7) is 3.31. The summed E-state index contributed by atoms with van der Waals surface area (Å²) in [5.41, 5.74) is 1.02. The smallest absolute Gasteiger partial charge is 0.317 e. The summed E-state index contributed by atoms with van der Waals surface area (Å²) >= 11 is 0. The Hall–Kier alpha value is -1.78. The fourth-order valence-corrected chi connectivity index (χ4v) is 1.49. The lowest BCUT2D eigenvalue weighted by Crippen LogP contribution is -2.37. The van der Waals surface area contributed by atoms with E-state index < -0.39 is 0 Å². The van der Waals surface area contributed by atoms with Crippen LogP contribution in [0.3, 0.4) is 0 Å². The van der Waals surface area contributed by atoms with Gasteiger partial charge in [0, 0.05) is 40.4 Å². The number of rotatable bonds is 5. The Morgan fingerprint density at radius 3 is 2.56 bits per heavy atom. The Morgan fingerprint density at radius 2 is 2.06 bits per heavy atom. The molecule has 1 rings (SSSR count). The summed E-state index contributed by atoms with van der Waals surface area (Å²) in [4.78, 5) is 19.6. The average Bonchev–Trinajstić information content (AvgIpc) is 2.36. The van der Waals surface area contributed by atoms with Gasteiger partial charge in [-0.3, -0.25) is 0 Å². The van der Waals surface area contributed by atoms with E-state index >= 15 is 0 Å². The van der Waals surface area contributed by atoms with Gasteiger partial charge in [-0.15, -0.1) is 0 Å². The quantitative estimate of drug-likeness (QED) is 0.865. The van der Waals surface area contributed by atoms with Crippen molar-refractivity contribution in [2.75, 3.05) is 32.6 Å². The monoisotopic (exact) mass is 250 g/mol. The number of carbonyl (C=O) groups excluding carboxylic acids is 1. The number of hydrogen-bond acceptors (Lipinski definition) is 3. The van der Waals surface area contributed by atoms with Crippen molar-refractivity contribution in [2.24, 2.45) is 0 Å². The van der Waals surface area contributed by atoms with Crippen molar-refractivity contribution in [1.82, 2.24) is 15.2 Å². The van der Waals surface area contributed by atoms with E-state index in [2.05, 4.69) is 10.3 Å². The van der Waals surface area contributed by atoms with Crippen LogP contribution in [0, 0.1) is 0 Å². The van der Waals surface area contributed by atoms with Crippen molar-refractivity contribution >= 4 is 11.8 Å². The van der Waals surface area contributed by atoms with E-state index in [4.69, 9.17) is 0 Å². The van der Waals surface area contributed by atoms with Gasteiger partial charge in [-0.1, -0.05) is 13.0 Å². The lowest BCUT2D eigenvalue weighted by atomic mass is 10.2. The van der Waals surface area contributed by atoms with E-state index in [-0.39, 0.29) is 6.03 Å². The van der Waals surface area contributed by atoms with E-state index in [0.29, 0.717) is 13.1 Å². The first kappa shape index (κ1) is 14.3. The molecular formula is C13H22N4O. The number of anilines is 1. The fraction of sp³-hybridized carbons (Fsp3) is 0.538. The van der Waals surface area contributed by atoms with E-state index in [1.165, 1.54) is 0 Å². The average molecular weight is 250 g/mol. The van der Waals surface area contributed by atoms with Gasteiger partial charge in [-0.25, -0.2) is 9.78 Å². The Balaban J connectivity index is 2.53. The molecule has 1 aromatic heterocycles. The molecule has 5 heteroatoms. The van der Waals surface area contributed by atoms with Gasteiger partial charge in [-0.2, -0.15) is 0 Å². The molecule has 0 saturated carbocycles. The van der Waals surface area contributed by atoms with Crippen molar-refractivity contribution in [2.45, 2.75) is 19.9 Å². The maximum Gasteiger partial charge on any atom is 0.317 e. The van der Waals surface area contributed by atoms with Gasteiger partial charge < -0.3 is 15.1 Å². The molecule has 100 valence electrons. The largest absolute Gasteiger partial charge is 0.363 e. The highest BCUT2D eigenvalue weighted by molar-refractivity contribution is 5.73. The van der Waals surface area contributed by atoms with Gasteiger partial charge in [0.15, 0.2) is 0 Å². The molecule has 1 N–H and O–H groups in total. The van der Waals surface area contributed by atoms with Crippen LogP contribution >= 0.6 is 0 Å². The number of carbonyl (C=O) groups is 1. The molecule has 0 fully saturated rings. The fourth-order valence-electron chi connectivity index (χ4n) is 1.49. The summed E-state index contributed by atoms with van der Waals surface area (Å²) in [6.07, 6.45) is 2.75. The minimum Gasteiger partial charge on any atom is -0.363 e. The van der Waals surface area contributed by atoms with Crippen LogP contribution < -0.4 is 10.2 Å². The number of hydrogen-bond donors (Lipinski definition) is 1. The van der Waals surface area contributed by atoms with Crippen molar-refractivity contribution in [3.05, 3.63) is 23.9 Å². The van der Waals surface area contributed by atoms with E-state index in [0.717, 1.165) is 17.8 Å². The number of nitrogens with zero attached hydrogens (tertiary/aromatic N) is 3. The summed E-state index contributed by atoms with van der Waals surface area (Å²) in [5, 5.41) is 2.84. The van der Waals surface area contributed by atoms with Gasteiger partial charge in [0.1, 0.15) is 5.82 Å². The SMILES string of the molecule is CCCNC(=O)N(C)Cc1ccc(N(C)C)nc1. The first-order chi connectivity index (χ1) is 8.54. The van der Waals surface area contributed by atoms with Crippen molar-refractivity contribution in [3.8, 4) is 0 Å². The maximum absolute atomic E-state index is 11.7. The van der Waals surface area contributed by atoms with Gasteiger partial charge in [-0.05, 0) is 18.1 Å². The molecule has 5 nitrogen and oxygen atoms in total. The summed E-state index contributed by atoms with van der Waals surface area (Å²) < 4.78 is 0. The maximum atomic E-state index is 11.7. The molecule has 0 aliphatic carbocycles. The standard InChI is InChI=1S/C13H22N4O/c1-5-8-14-13(18)17(4)10-11-6-7-12(15-9-11)16(2)3/h6-7,9H,5,8,10H2,1-4H3,(H,14,18). The van der Waals surface area contributed by atoms with Crippen molar-refractivity contribution in [3.63, 3.8) is 0 Å². The molecule has 0 bridgehead atoms. The summed E-state index contributed by atoms with van der Waals surface area (Å²) in [6, 6.07) is 3.90. The first-order valence-electron chi connectivity index (χ1n) is 6.15. The van der Waals surface area contributed by atoms with Crippen LogP contribution in [-0.4, -0.2) is 43.6 Å². The molecular weight excluding hydrogens is 228 g/mol. The molecule has 1 aromatic rings. The van der Waals surface area contributed by atoms with Crippen LogP contribution in [0.15, 0.2) is 18.3 Å². The van der Waals surface area contributed by atoms with Gasteiger partial charge in [0.25, 0.3) is 0 Å². The third-order valence-corrected chi connectivity index (χ3v) is 2.56. The highest BCUT2D eigenvalue weighted by Crippen LogP contribution is 2.09. The molecule has 0 unspecified atom stereocenters. The van der Waals surface area contributed by atoms with Crippen molar-refractivity contribution in [1.29, 1.82) is 0 Å². The van der Waals surface area contributed by atoms with Gasteiger partial charge in [0.05, 0.1) is 0 Å². The van der Waals surface area contributed by atoms with E-state index in [1.807, 2.05) is 38.1 Å². The number of pyridine rings is 1. The molecule has 0 saturated heterocycles. The Bertz CT molecular complexity index is 375.